The van der Waals surface area contributed by atoms with Gasteiger partial charge in [-0.2, -0.15) is 0 Å². The standard InChI is InChI=1S/C18H30N2/c1-3-12-19-14-16-9-5-6-10-17(16)15-20-13-8-7-11-18(20)4-2/h5-6,9-10,18-19H,3-4,7-8,11-15H2,1-2H3. The van der Waals surface area contributed by atoms with Crippen LogP contribution in [-0.2, 0) is 13.1 Å². The molecule has 0 bridgehead atoms. The van der Waals surface area contributed by atoms with E-state index in [2.05, 4.69) is 48.3 Å². The van der Waals surface area contributed by atoms with Crippen LogP contribution in [0.2, 0.25) is 0 Å². The van der Waals surface area contributed by atoms with Gasteiger partial charge in [0.15, 0.2) is 0 Å². The zero-order valence-electron chi connectivity index (χ0n) is 13.2. The molecule has 1 aliphatic rings. The molecular formula is C18H30N2. The molecule has 1 heterocycles. The van der Waals surface area contributed by atoms with Crippen molar-refractivity contribution in [1.82, 2.24) is 10.2 Å². The molecule has 1 aromatic carbocycles. The van der Waals surface area contributed by atoms with Crippen molar-refractivity contribution < 1.29 is 0 Å². The highest BCUT2D eigenvalue weighted by Crippen LogP contribution is 2.22. The Morgan fingerprint density at radius 3 is 2.70 bits per heavy atom. The highest BCUT2D eigenvalue weighted by Gasteiger charge is 2.21. The number of nitrogens with zero attached hydrogens (tertiary/aromatic N) is 1. The van der Waals surface area contributed by atoms with E-state index in [1.54, 1.807) is 0 Å². The van der Waals surface area contributed by atoms with Gasteiger partial charge in [-0.1, -0.05) is 44.5 Å². The lowest BCUT2D eigenvalue weighted by atomic mass is 9.98. The Kier molecular flexibility index (Phi) is 6.55. The van der Waals surface area contributed by atoms with Gasteiger partial charge in [0, 0.05) is 19.1 Å². The minimum absolute atomic E-state index is 0.792. The Balaban J connectivity index is 2.00. The Morgan fingerprint density at radius 2 is 1.95 bits per heavy atom. The summed E-state index contributed by atoms with van der Waals surface area (Å²) in [6.45, 7) is 9.07. The summed E-state index contributed by atoms with van der Waals surface area (Å²) in [7, 11) is 0. The van der Waals surface area contributed by atoms with E-state index in [9.17, 15) is 0 Å². The molecule has 1 aliphatic heterocycles. The highest BCUT2D eigenvalue weighted by molar-refractivity contribution is 5.27. The second-order valence-corrected chi connectivity index (χ2v) is 5.97. The first-order chi connectivity index (χ1) is 9.85. The first kappa shape index (κ1) is 15.5. The van der Waals surface area contributed by atoms with Crippen LogP contribution in [0.4, 0.5) is 0 Å². The van der Waals surface area contributed by atoms with Crippen molar-refractivity contribution in [1.29, 1.82) is 0 Å². The van der Waals surface area contributed by atoms with Crippen LogP contribution in [0.3, 0.4) is 0 Å². The van der Waals surface area contributed by atoms with Crippen molar-refractivity contribution in [3.05, 3.63) is 35.4 Å². The van der Waals surface area contributed by atoms with E-state index in [4.69, 9.17) is 0 Å². The van der Waals surface area contributed by atoms with Gasteiger partial charge in [-0.15, -0.1) is 0 Å². The third-order valence-corrected chi connectivity index (χ3v) is 4.45. The van der Waals surface area contributed by atoms with Crippen molar-refractivity contribution in [2.24, 2.45) is 0 Å². The van der Waals surface area contributed by atoms with Gasteiger partial charge in [0.2, 0.25) is 0 Å². The van der Waals surface area contributed by atoms with E-state index in [0.717, 1.165) is 25.7 Å². The lowest BCUT2D eigenvalue weighted by Gasteiger charge is -2.35. The van der Waals surface area contributed by atoms with Crippen LogP contribution in [0.25, 0.3) is 0 Å². The van der Waals surface area contributed by atoms with E-state index in [1.807, 2.05) is 0 Å². The number of hydrogen-bond donors (Lipinski definition) is 1. The molecule has 0 amide bonds. The van der Waals surface area contributed by atoms with Crippen LogP contribution in [0.15, 0.2) is 24.3 Å². The predicted molar refractivity (Wildman–Crippen MR) is 86.8 cm³/mol. The zero-order chi connectivity index (χ0) is 14.2. The van der Waals surface area contributed by atoms with Gasteiger partial charge in [0.05, 0.1) is 0 Å². The fourth-order valence-electron chi connectivity index (χ4n) is 3.23. The lowest BCUT2D eigenvalue weighted by molar-refractivity contribution is 0.136. The van der Waals surface area contributed by atoms with Gasteiger partial charge in [-0.25, -0.2) is 0 Å². The molecule has 20 heavy (non-hydrogen) atoms. The summed E-state index contributed by atoms with van der Waals surface area (Å²) < 4.78 is 0. The molecule has 1 fully saturated rings. The number of hydrogen-bond acceptors (Lipinski definition) is 2. The summed E-state index contributed by atoms with van der Waals surface area (Å²) in [5.74, 6) is 0. The van der Waals surface area contributed by atoms with Crippen molar-refractivity contribution in [2.75, 3.05) is 13.1 Å². The van der Waals surface area contributed by atoms with E-state index in [0.29, 0.717) is 0 Å². The average Bonchev–Trinajstić information content (AvgIpc) is 2.50. The van der Waals surface area contributed by atoms with Crippen LogP contribution < -0.4 is 5.32 Å². The summed E-state index contributed by atoms with van der Waals surface area (Å²) in [5.41, 5.74) is 2.98. The van der Waals surface area contributed by atoms with Crippen LogP contribution in [-0.4, -0.2) is 24.0 Å². The Bertz CT molecular complexity index is 389. The summed E-state index contributed by atoms with van der Waals surface area (Å²) in [4.78, 5) is 2.70. The molecule has 112 valence electrons. The fourth-order valence-corrected chi connectivity index (χ4v) is 3.23. The molecule has 1 aromatic rings. The quantitative estimate of drug-likeness (QED) is 0.757. The largest absolute Gasteiger partial charge is 0.313 e. The Morgan fingerprint density at radius 1 is 1.15 bits per heavy atom. The predicted octanol–water partition coefficient (Wildman–Crippen LogP) is 3.95. The highest BCUT2D eigenvalue weighted by atomic mass is 15.2. The number of likely N-dealkylation sites (tertiary alicyclic amines) is 1. The third kappa shape index (κ3) is 4.32. The maximum absolute atomic E-state index is 3.54. The van der Waals surface area contributed by atoms with Gasteiger partial charge in [-0.05, 0) is 49.9 Å². The summed E-state index contributed by atoms with van der Waals surface area (Å²) in [6.07, 6.45) is 6.65. The van der Waals surface area contributed by atoms with Crippen molar-refractivity contribution in [2.45, 2.75) is 65.1 Å². The number of nitrogens with one attached hydrogen (secondary N) is 1. The molecule has 1 unspecified atom stereocenters. The molecular weight excluding hydrogens is 244 g/mol. The second-order valence-electron chi connectivity index (χ2n) is 5.97. The van der Waals surface area contributed by atoms with Gasteiger partial charge in [0.1, 0.15) is 0 Å². The molecule has 0 aromatic heterocycles. The van der Waals surface area contributed by atoms with Gasteiger partial charge in [0.25, 0.3) is 0 Å². The van der Waals surface area contributed by atoms with Crippen molar-refractivity contribution in [3.63, 3.8) is 0 Å². The molecule has 1 saturated heterocycles. The monoisotopic (exact) mass is 274 g/mol. The van der Waals surface area contributed by atoms with Crippen LogP contribution in [0.5, 0.6) is 0 Å². The normalized spacial score (nSPS) is 20.2. The maximum atomic E-state index is 3.54. The Labute approximate surface area is 124 Å². The molecule has 0 aliphatic carbocycles. The molecule has 2 rings (SSSR count). The van der Waals surface area contributed by atoms with Gasteiger partial charge < -0.3 is 5.32 Å². The van der Waals surface area contributed by atoms with Crippen LogP contribution >= 0.6 is 0 Å². The molecule has 1 atom stereocenters. The lowest BCUT2D eigenvalue weighted by Crippen LogP contribution is -2.38. The first-order valence-electron chi connectivity index (χ1n) is 8.36. The van der Waals surface area contributed by atoms with E-state index in [-0.39, 0.29) is 0 Å². The van der Waals surface area contributed by atoms with Crippen molar-refractivity contribution >= 4 is 0 Å². The molecule has 1 N–H and O–H groups in total. The SMILES string of the molecule is CCCNCc1ccccc1CN1CCCCC1CC. The topological polar surface area (TPSA) is 15.3 Å². The maximum Gasteiger partial charge on any atom is 0.0239 e. The fraction of sp³-hybridized carbons (Fsp3) is 0.667. The molecule has 2 heteroatoms. The van der Waals surface area contributed by atoms with Crippen LogP contribution in [0, 0.1) is 0 Å². The zero-order valence-corrected chi connectivity index (χ0v) is 13.2. The molecule has 2 nitrogen and oxygen atoms in total. The molecule has 0 saturated carbocycles. The third-order valence-electron chi connectivity index (χ3n) is 4.45. The van der Waals surface area contributed by atoms with Crippen LogP contribution in [0.1, 0.15) is 57.1 Å². The average molecular weight is 274 g/mol. The van der Waals surface area contributed by atoms with E-state index >= 15 is 0 Å². The van der Waals surface area contributed by atoms with Gasteiger partial charge >= 0.3 is 0 Å². The number of rotatable bonds is 7. The van der Waals surface area contributed by atoms with E-state index < -0.39 is 0 Å². The minimum atomic E-state index is 0.792. The number of benzene rings is 1. The molecule has 0 spiro atoms. The summed E-state index contributed by atoms with van der Waals surface area (Å²) in [6, 6.07) is 9.73. The Hall–Kier alpha value is -0.860. The minimum Gasteiger partial charge on any atom is -0.313 e. The first-order valence-corrected chi connectivity index (χ1v) is 8.36. The summed E-state index contributed by atoms with van der Waals surface area (Å²) in [5, 5.41) is 3.54. The van der Waals surface area contributed by atoms with E-state index in [1.165, 1.54) is 49.8 Å². The number of piperidine rings is 1. The second kappa shape index (κ2) is 8.43. The summed E-state index contributed by atoms with van der Waals surface area (Å²) >= 11 is 0. The van der Waals surface area contributed by atoms with Gasteiger partial charge in [-0.3, -0.25) is 4.90 Å². The molecule has 0 radical (unpaired) electrons. The smallest absolute Gasteiger partial charge is 0.0239 e. The van der Waals surface area contributed by atoms with Crippen molar-refractivity contribution in [3.8, 4) is 0 Å².